The number of para-hydroxylation sites is 1. The topological polar surface area (TPSA) is 84.7 Å². The van der Waals surface area contributed by atoms with E-state index in [1.165, 1.54) is 11.1 Å². The molecule has 7 nitrogen and oxygen atoms in total. The van der Waals surface area contributed by atoms with E-state index in [-0.39, 0.29) is 5.91 Å². The number of aryl methyl sites for hydroxylation is 2. The fourth-order valence-corrected chi connectivity index (χ4v) is 3.98. The number of pyridine rings is 1. The Morgan fingerprint density at radius 2 is 1.76 bits per heavy atom. The van der Waals surface area contributed by atoms with Gasteiger partial charge < -0.3 is 10.6 Å². The molecule has 1 aliphatic heterocycles. The average Bonchev–Trinajstić information content (AvgIpc) is 3.24. The van der Waals surface area contributed by atoms with E-state index < -0.39 is 6.04 Å². The molecule has 0 radical (unpaired) electrons. The number of nitrogens with zero attached hydrogens (tertiary/aromatic N) is 4. The fourth-order valence-electron chi connectivity index (χ4n) is 3.98. The van der Waals surface area contributed by atoms with Gasteiger partial charge in [-0.3, -0.25) is 9.78 Å². The van der Waals surface area contributed by atoms with Crippen LogP contribution < -0.4 is 10.6 Å². The molecule has 0 spiro atoms. The van der Waals surface area contributed by atoms with Crippen molar-refractivity contribution in [3.63, 3.8) is 0 Å². The van der Waals surface area contributed by atoms with Gasteiger partial charge in [-0.1, -0.05) is 36.4 Å². The van der Waals surface area contributed by atoms with Crippen LogP contribution in [0.2, 0.25) is 0 Å². The van der Waals surface area contributed by atoms with E-state index in [1.807, 2.05) is 61.5 Å². The molecular formula is C26H24N6O. The second-order valence-electron chi connectivity index (χ2n) is 8.14. The lowest BCUT2D eigenvalue weighted by Crippen LogP contribution is -2.32. The van der Waals surface area contributed by atoms with Crippen LogP contribution in [0, 0.1) is 13.8 Å². The summed E-state index contributed by atoms with van der Waals surface area (Å²) in [6.45, 7) is 6.03. The number of aromatic nitrogens is 4. The maximum absolute atomic E-state index is 13.4. The Morgan fingerprint density at radius 3 is 2.48 bits per heavy atom. The van der Waals surface area contributed by atoms with E-state index in [0.717, 1.165) is 11.3 Å². The molecule has 2 aromatic heterocycles. The van der Waals surface area contributed by atoms with Crippen LogP contribution in [0.3, 0.4) is 0 Å². The summed E-state index contributed by atoms with van der Waals surface area (Å²) in [6.07, 6.45) is 1.72. The SMILES string of the molecule is CC1=C(C(=O)Nc2ccccc2)C(c2ccccn2)n2nc(-c3ccc(C)c(C)c3)nc2N1. The van der Waals surface area contributed by atoms with E-state index in [9.17, 15) is 4.79 Å². The molecule has 0 fully saturated rings. The lowest BCUT2D eigenvalue weighted by atomic mass is 9.98. The van der Waals surface area contributed by atoms with Gasteiger partial charge in [0.15, 0.2) is 5.82 Å². The van der Waals surface area contributed by atoms with Crippen molar-refractivity contribution in [2.24, 2.45) is 0 Å². The molecule has 164 valence electrons. The number of carbonyl (C=O) groups excluding carboxylic acids is 1. The monoisotopic (exact) mass is 436 g/mol. The number of carbonyl (C=O) groups is 1. The Bertz CT molecular complexity index is 1360. The molecule has 0 saturated heterocycles. The maximum Gasteiger partial charge on any atom is 0.255 e. The molecule has 1 atom stereocenters. The van der Waals surface area contributed by atoms with Gasteiger partial charge in [0.1, 0.15) is 6.04 Å². The number of rotatable bonds is 4. The minimum atomic E-state index is -0.515. The van der Waals surface area contributed by atoms with E-state index >= 15 is 0 Å². The van der Waals surface area contributed by atoms with E-state index in [2.05, 4.69) is 41.6 Å². The molecule has 4 aromatic rings. The lowest BCUT2D eigenvalue weighted by Gasteiger charge is -2.28. The first-order chi connectivity index (χ1) is 16.0. The van der Waals surface area contributed by atoms with Crippen LogP contribution in [0.4, 0.5) is 11.6 Å². The minimum Gasteiger partial charge on any atom is -0.328 e. The van der Waals surface area contributed by atoms with Crippen molar-refractivity contribution in [3.05, 3.63) is 101 Å². The summed E-state index contributed by atoms with van der Waals surface area (Å²) in [7, 11) is 0. The van der Waals surface area contributed by atoms with Gasteiger partial charge in [-0.25, -0.2) is 4.68 Å². The molecule has 0 aliphatic carbocycles. The largest absolute Gasteiger partial charge is 0.328 e. The zero-order chi connectivity index (χ0) is 22.9. The smallest absolute Gasteiger partial charge is 0.255 e. The van der Waals surface area contributed by atoms with Crippen LogP contribution in [0.5, 0.6) is 0 Å². The summed E-state index contributed by atoms with van der Waals surface area (Å²) >= 11 is 0. The van der Waals surface area contributed by atoms with Gasteiger partial charge in [0.25, 0.3) is 5.91 Å². The summed E-state index contributed by atoms with van der Waals surface area (Å²) in [5.41, 5.74) is 6.01. The highest BCUT2D eigenvalue weighted by Gasteiger charge is 2.35. The molecule has 1 aliphatic rings. The van der Waals surface area contributed by atoms with Gasteiger partial charge in [0.05, 0.1) is 11.3 Å². The van der Waals surface area contributed by atoms with Crippen LogP contribution >= 0.6 is 0 Å². The average molecular weight is 437 g/mol. The molecule has 0 bridgehead atoms. The van der Waals surface area contributed by atoms with E-state index in [1.54, 1.807) is 10.9 Å². The third kappa shape index (κ3) is 3.89. The highest BCUT2D eigenvalue weighted by atomic mass is 16.1. The number of nitrogens with one attached hydrogen (secondary N) is 2. The number of hydrogen-bond donors (Lipinski definition) is 2. The van der Waals surface area contributed by atoms with E-state index in [0.29, 0.717) is 28.7 Å². The van der Waals surface area contributed by atoms with Crippen molar-refractivity contribution < 1.29 is 4.79 Å². The Balaban J connectivity index is 1.59. The van der Waals surface area contributed by atoms with Crippen molar-refractivity contribution in [2.75, 3.05) is 10.6 Å². The quantitative estimate of drug-likeness (QED) is 0.476. The molecule has 7 heteroatoms. The van der Waals surface area contributed by atoms with Gasteiger partial charge in [-0.2, -0.15) is 4.98 Å². The predicted molar refractivity (Wildman–Crippen MR) is 129 cm³/mol. The summed E-state index contributed by atoms with van der Waals surface area (Å²) in [5.74, 6) is 0.961. The van der Waals surface area contributed by atoms with Crippen LogP contribution in [-0.2, 0) is 4.79 Å². The Hall–Kier alpha value is -4.26. The number of benzene rings is 2. The highest BCUT2D eigenvalue weighted by molar-refractivity contribution is 6.05. The normalized spacial score (nSPS) is 15.1. The van der Waals surface area contributed by atoms with Crippen LogP contribution in [0.1, 0.15) is 29.8 Å². The Labute approximate surface area is 192 Å². The third-order valence-electron chi connectivity index (χ3n) is 5.86. The standard InChI is InChI=1S/C26H24N6O/c1-16-12-13-19(15-17(16)2)24-30-26-28-18(3)22(25(33)29-20-9-5-4-6-10-20)23(32(26)31-24)21-11-7-8-14-27-21/h4-15,23H,1-3H3,(H,29,33)(H,28,30,31). The van der Waals surface area contributed by atoms with Crippen molar-refractivity contribution in [3.8, 4) is 11.4 Å². The summed E-state index contributed by atoms with van der Waals surface area (Å²) in [5, 5.41) is 11.1. The predicted octanol–water partition coefficient (Wildman–Crippen LogP) is 4.88. The summed E-state index contributed by atoms with van der Waals surface area (Å²) < 4.78 is 1.75. The maximum atomic E-state index is 13.4. The second kappa shape index (κ2) is 8.35. The van der Waals surface area contributed by atoms with Gasteiger partial charge in [-0.15, -0.1) is 5.10 Å². The van der Waals surface area contributed by atoms with Gasteiger partial charge in [-0.05, 0) is 62.2 Å². The van der Waals surface area contributed by atoms with Crippen molar-refractivity contribution in [1.29, 1.82) is 0 Å². The van der Waals surface area contributed by atoms with Crippen LogP contribution in [0.25, 0.3) is 11.4 Å². The van der Waals surface area contributed by atoms with Gasteiger partial charge >= 0.3 is 0 Å². The van der Waals surface area contributed by atoms with Gasteiger partial charge in [0, 0.05) is 23.1 Å². The van der Waals surface area contributed by atoms with E-state index in [4.69, 9.17) is 10.1 Å². The van der Waals surface area contributed by atoms with Crippen molar-refractivity contribution in [1.82, 2.24) is 19.7 Å². The second-order valence-corrected chi connectivity index (χ2v) is 8.14. The van der Waals surface area contributed by atoms with Crippen molar-refractivity contribution in [2.45, 2.75) is 26.8 Å². The molecule has 3 heterocycles. The number of fused-ring (bicyclic) bond motifs is 1. The van der Waals surface area contributed by atoms with Crippen molar-refractivity contribution >= 4 is 17.5 Å². The third-order valence-corrected chi connectivity index (χ3v) is 5.86. The summed E-state index contributed by atoms with van der Waals surface area (Å²) in [4.78, 5) is 22.7. The molecule has 33 heavy (non-hydrogen) atoms. The Morgan fingerprint density at radius 1 is 0.970 bits per heavy atom. The molecule has 2 N–H and O–H groups in total. The first kappa shape index (κ1) is 20.6. The molecule has 1 unspecified atom stereocenters. The molecule has 1 amide bonds. The van der Waals surface area contributed by atoms with Crippen LogP contribution in [0.15, 0.2) is 84.2 Å². The lowest BCUT2D eigenvalue weighted by molar-refractivity contribution is -0.113. The minimum absolute atomic E-state index is 0.212. The number of amides is 1. The zero-order valence-electron chi connectivity index (χ0n) is 18.7. The number of hydrogen-bond acceptors (Lipinski definition) is 5. The van der Waals surface area contributed by atoms with Crippen LogP contribution in [-0.4, -0.2) is 25.7 Å². The summed E-state index contributed by atoms with van der Waals surface area (Å²) in [6, 6.07) is 20.7. The molecule has 0 saturated carbocycles. The number of anilines is 2. The zero-order valence-corrected chi connectivity index (χ0v) is 18.7. The fraction of sp³-hybridized carbons (Fsp3) is 0.154. The molecular weight excluding hydrogens is 412 g/mol. The molecule has 5 rings (SSSR count). The Kier molecular flexibility index (Phi) is 5.22. The van der Waals surface area contributed by atoms with Gasteiger partial charge in [0.2, 0.25) is 5.95 Å². The first-order valence-electron chi connectivity index (χ1n) is 10.8. The number of allylic oxidation sites excluding steroid dienone is 1. The molecule has 2 aromatic carbocycles. The first-order valence-corrected chi connectivity index (χ1v) is 10.8. The highest BCUT2D eigenvalue weighted by Crippen LogP contribution is 2.36.